The fourth-order valence-corrected chi connectivity index (χ4v) is 2.50. The zero-order chi connectivity index (χ0) is 11.9. The molecule has 1 saturated heterocycles. The Balaban J connectivity index is 1.74. The first-order valence-electron chi connectivity index (χ1n) is 6.59. The smallest absolute Gasteiger partial charge is 0.153 e. The van der Waals surface area contributed by atoms with Crippen molar-refractivity contribution in [3.8, 4) is 0 Å². The Morgan fingerprint density at radius 3 is 2.78 bits per heavy atom. The average Bonchev–Trinajstić information content (AvgIpc) is 3.19. The zero-order valence-corrected chi connectivity index (χ0v) is 10.2. The first-order valence-corrected chi connectivity index (χ1v) is 6.59. The largest absolute Gasteiger partial charge is 0.378 e. The van der Waals surface area contributed by atoms with Crippen LogP contribution < -0.4 is 4.90 Å². The molecule has 0 spiro atoms. The Morgan fingerprint density at radius 1 is 1.17 bits per heavy atom. The van der Waals surface area contributed by atoms with Gasteiger partial charge in [-0.1, -0.05) is 0 Å². The van der Waals surface area contributed by atoms with Crippen LogP contribution in [0.4, 0.5) is 5.82 Å². The van der Waals surface area contributed by atoms with E-state index in [1.807, 2.05) is 10.7 Å². The summed E-state index contributed by atoms with van der Waals surface area (Å²) in [4.78, 5) is 6.70. The number of nitrogens with zero attached hydrogens (tertiary/aromatic N) is 4. The van der Waals surface area contributed by atoms with Gasteiger partial charge in [-0.05, 0) is 25.0 Å². The third-order valence-electron chi connectivity index (χ3n) is 3.71. The van der Waals surface area contributed by atoms with Crippen molar-refractivity contribution in [2.24, 2.45) is 0 Å². The number of hydrogen-bond acceptors (Lipinski definition) is 4. The third-order valence-corrected chi connectivity index (χ3v) is 3.71. The van der Waals surface area contributed by atoms with Gasteiger partial charge >= 0.3 is 0 Å². The summed E-state index contributed by atoms with van der Waals surface area (Å²) in [5, 5.41) is 4.74. The maximum absolute atomic E-state index is 5.38. The lowest BCUT2D eigenvalue weighted by Gasteiger charge is -2.27. The fraction of sp³-hybridized carbons (Fsp3) is 0.538. The molecule has 5 nitrogen and oxygen atoms in total. The van der Waals surface area contributed by atoms with Gasteiger partial charge in [-0.2, -0.15) is 0 Å². The van der Waals surface area contributed by atoms with Gasteiger partial charge in [0.15, 0.2) is 5.65 Å². The van der Waals surface area contributed by atoms with Crippen LogP contribution in [0.1, 0.15) is 24.5 Å². The van der Waals surface area contributed by atoms with Gasteiger partial charge in [-0.15, -0.1) is 5.10 Å². The van der Waals surface area contributed by atoms with Crippen LogP contribution in [0.15, 0.2) is 18.3 Å². The van der Waals surface area contributed by atoms with Crippen molar-refractivity contribution in [3.63, 3.8) is 0 Å². The van der Waals surface area contributed by atoms with Gasteiger partial charge in [0.2, 0.25) is 0 Å². The van der Waals surface area contributed by atoms with E-state index in [0.717, 1.165) is 37.8 Å². The number of anilines is 1. The third kappa shape index (κ3) is 1.66. The monoisotopic (exact) mass is 244 g/mol. The summed E-state index contributed by atoms with van der Waals surface area (Å²) in [6.07, 6.45) is 4.53. The van der Waals surface area contributed by atoms with Crippen molar-refractivity contribution >= 4 is 11.5 Å². The van der Waals surface area contributed by atoms with Gasteiger partial charge in [0.25, 0.3) is 0 Å². The van der Waals surface area contributed by atoms with Crippen LogP contribution in [0.2, 0.25) is 0 Å². The first kappa shape index (κ1) is 10.3. The number of fused-ring (bicyclic) bond motifs is 1. The van der Waals surface area contributed by atoms with E-state index in [9.17, 15) is 0 Å². The molecule has 5 heteroatoms. The van der Waals surface area contributed by atoms with Crippen LogP contribution >= 0.6 is 0 Å². The van der Waals surface area contributed by atoms with Gasteiger partial charge in [0.1, 0.15) is 5.82 Å². The molecule has 1 aliphatic heterocycles. The highest BCUT2D eigenvalue weighted by Gasteiger charge is 2.27. The molecule has 2 aromatic heterocycles. The van der Waals surface area contributed by atoms with E-state index < -0.39 is 0 Å². The standard InChI is InChI=1S/C13H16N4O/c1-2-10(1)11-9-14-12-3-4-13(15-17(11)12)16-5-7-18-8-6-16/h3-4,9-10H,1-2,5-8H2. The predicted octanol–water partition coefficient (Wildman–Crippen LogP) is 1.44. The molecule has 18 heavy (non-hydrogen) atoms. The molecule has 0 radical (unpaired) electrons. The average molecular weight is 244 g/mol. The van der Waals surface area contributed by atoms with Crippen LogP contribution in [0.3, 0.4) is 0 Å². The predicted molar refractivity (Wildman–Crippen MR) is 68.0 cm³/mol. The maximum Gasteiger partial charge on any atom is 0.153 e. The first-order chi connectivity index (χ1) is 8.92. The van der Waals surface area contributed by atoms with Crippen molar-refractivity contribution in [1.29, 1.82) is 0 Å². The van der Waals surface area contributed by atoms with Crippen LogP contribution in [0.25, 0.3) is 5.65 Å². The molecule has 3 heterocycles. The number of rotatable bonds is 2. The van der Waals surface area contributed by atoms with E-state index in [1.54, 1.807) is 0 Å². The Kier molecular flexibility index (Phi) is 2.26. The Labute approximate surface area is 105 Å². The quantitative estimate of drug-likeness (QED) is 0.801. The topological polar surface area (TPSA) is 42.7 Å². The molecule has 2 fully saturated rings. The lowest BCUT2D eigenvalue weighted by Crippen LogP contribution is -2.37. The van der Waals surface area contributed by atoms with E-state index in [4.69, 9.17) is 9.84 Å². The minimum absolute atomic E-state index is 0.674. The van der Waals surface area contributed by atoms with E-state index >= 15 is 0 Å². The summed E-state index contributed by atoms with van der Waals surface area (Å²) in [7, 11) is 0. The molecule has 1 saturated carbocycles. The Bertz CT molecular complexity index is 569. The SMILES string of the molecule is c1cc2ncc(C3CC3)n2nc1N1CCOCC1. The van der Waals surface area contributed by atoms with E-state index in [-0.39, 0.29) is 0 Å². The molecule has 0 unspecified atom stereocenters. The number of imidazole rings is 1. The number of morpholine rings is 1. The van der Waals surface area contributed by atoms with Crippen molar-refractivity contribution in [3.05, 3.63) is 24.0 Å². The van der Waals surface area contributed by atoms with Crippen LogP contribution in [0.5, 0.6) is 0 Å². The highest BCUT2D eigenvalue weighted by atomic mass is 16.5. The minimum Gasteiger partial charge on any atom is -0.378 e. The summed E-state index contributed by atoms with van der Waals surface area (Å²) in [5.41, 5.74) is 2.22. The van der Waals surface area contributed by atoms with Gasteiger partial charge in [0, 0.05) is 19.0 Å². The maximum atomic E-state index is 5.38. The number of hydrogen-bond donors (Lipinski definition) is 0. The molecule has 4 rings (SSSR count). The van der Waals surface area contributed by atoms with Crippen LogP contribution in [0, 0.1) is 0 Å². The van der Waals surface area contributed by atoms with Crippen molar-refractivity contribution in [2.75, 3.05) is 31.2 Å². The summed E-state index contributed by atoms with van der Waals surface area (Å²) < 4.78 is 7.39. The van der Waals surface area contributed by atoms with Gasteiger partial charge < -0.3 is 9.64 Å². The fourth-order valence-electron chi connectivity index (χ4n) is 2.50. The van der Waals surface area contributed by atoms with Crippen LogP contribution in [-0.2, 0) is 4.74 Å². The number of ether oxygens (including phenoxy) is 1. The molecular formula is C13H16N4O. The van der Waals surface area contributed by atoms with E-state index in [0.29, 0.717) is 5.92 Å². The highest BCUT2D eigenvalue weighted by Crippen LogP contribution is 2.39. The van der Waals surface area contributed by atoms with Gasteiger partial charge in [-0.25, -0.2) is 9.50 Å². The molecule has 0 aromatic carbocycles. The molecule has 0 N–H and O–H groups in total. The minimum atomic E-state index is 0.674. The van der Waals surface area contributed by atoms with Crippen molar-refractivity contribution < 1.29 is 4.74 Å². The van der Waals surface area contributed by atoms with E-state index in [1.165, 1.54) is 18.5 Å². The molecule has 2 aliphatic rings. The van der Waals surface area contributed by atoms with Crippen LogP contribution in [-0.4, -0.2) is 40.9 Å². The molecular weight excluding hydrogens is 228 g/mol. The number of aromatic nitrogens is 3. The second-order valence-corrected chi connectivity index (χ2v) is 5.02. The highest BCUT2D eigenvalue weighted by molar-refractivity contribution is 5.47. The Morgan fingerprint density at radius 2 is 2.00 bits per heavy atom. The van der Waals surface area contributed by atoms with Gasteiger partial charge in [-0.3, -0.25) is 0 Å². The molecule has 0 atom stereocenters. The summed E-state index contributed by atoms with van der Waals surface area (Å²) in [5.74, 6) is 1.71. The molecule has 0 amide bonds. The second-order valence-electron chi connectivity index (χ2n) is 5.02. The molecule has 1 aliphatic carbocycles. The lowest BCUT2D eigenvalue weighted by atomic mass is 10.3. The second kappa shape index (κ2) is 3.95. The molecule has 0 bridgehead atoms. The lowest BCUT2D eigenvalue weighted by molar-refractivity contribution is 0.122. The summed E-state index contributed by atoms with van der Waals surface area (Å²) in [6, 6.07) is 4.12. The van der Waals surface area contributed by atoms with Gasteiger partial charge in [0.05, 0.1) is 25.1 Å². The Hall–Kier alpha value is -1.62. The molecule has 2 aromatic rings. The summed E-state index contributed by atoms with van der Waals surface area (Å²) >= 11 is 0. The normalized spacial score (nSPS) is 20.6. The summed E-state index contributed by atoms with van der Waals surface area (Å²) in [6.45, 7) is 3.43. The zero-order valence-electron chi connectivity index (χ0n) is 10.2. The van der Waals surface area contributed by atoms with Crippen molar-refractivity contribution in [1.82, 2.24) is 14.6 Å². The van der Waals surface area contributed by atoms with Crippen molar-refractivity contribution in [2.45, 2.75) is 18.8 Å². The molecule has 94 valence electrons. The van der Waals surface area contributed by atoms with E-state index in [2.05, 4.69) is 22.0 Å².